The molecule has 0 aliphatic rings. The number of urea groups is 1. The van der Waals surface area contributed by atoms with Crippen molar-refractivity contribution in [3.05, 3.63) is 84.3 Å². The van der Waals surface area contributed by atoms with Crippen LogP contribution in [0.3, 0.4) is 0 Å². The lowest BCUT2D eigenvalue weighted by Gasteiger charge is -2.09. The van der Waals surface area contributed by atoms with Gasteiger partial charge in [-0.15, -0.1) is 0 Å². The summed E-state index contributed by atoms with van der Waals surface area (Å²) in [5.74, 6) is 0.0942. The van der Waals surface area contributed by atoms with Crippen LogP contribution in [-0.2, 0) is 6.54 Å². The summed E-state index contributed by atoms with van der Waals surface area (Å²) < 4.78 is 0. The Labute approximate surface area is 150 Å². The second-order valence-electron chi connectivity index (χ2n) is 5.38. The van der Waals surface area contributed by atoms with Crippen LogP contribution in [0.25, 0.3) is 0 Å². The first-order valence-corrected chi connectivity index (χ1v) is 7.98. The minimum Gasteiger partial charge on any atom is -0.332 e. The Bertz CT molecular complexity index is 885. The number of rotatable bonds is 5. The number of carbonyl (C=O) groups is 2. The Kier molecular flexibility index (Phi) is 5.51. The highest BCUT2D eigenvalue weighted by Gasteiger charge is 2.07. The number of anilines is 2. The molecule has 0 saturated carbocycles. The molecule has 0 fully saturated rings. The summed E-state index contributed by atoms with van der Waals surface area (Å²) >= 11 is 0. The Morgan fingerprint density at radius 1 is 0.846 bits per heavy atom. The van der Waals surface area contributed by atoms with Gasteiger partial charge < -0.3 is 10.6 Å². The Morgan fingerprint density at radius 2 is 1.65 bits per heavy atom. The van der Waals surface area contributed by atoms with E-state index in [1.807, 2.05) is 24.3 Å². The molecule has 26 heavy (non-hydrogen) atoms. The zero-order valence-corrected chi connectivity index (χ0v) is 13.8. The number of aromatic nitrogens is 2. The van der Waals surface area contributed by atoms with Gasteiger partial charge in [-0.1, -0.05) is 24.3 Å². The van der Waals surface area contributed by atoms with Crippen LogP contribution in [0.2, 0.25) is 0 Å². The minimum atomic E-state index is -0.408. The third kappa shape index (κ3) is 4.88. The standard InChI is InChI=1S/C19H17N5O2/c25-18(14-6-2-1-3-7-14)23-15-9-11-21-17(12-15)24-19(26)22-13-16-8-4-5-10-20-16/h1-12H,13H2,(H3,21,22,23,24,25,26). The highest BCUT2D eigenvalue weighted by atomic mass is 16.2. The maximum atomic E-state index is 12.2. The van der Waals surface area contributed by atoms with Crippen LogP contribution in [0.4, 0.5) is 16.3 Å². The summed E-state index contributed by atoms with van der Waals surface area (Å²) in [5, 5.41) is 8.09. The number of carbonyl (C=O) groups excluding carboxylic acids is 2. The van der Waals surface area contributed by atoms with Gasteiger partial charge in [0.1, 0.15) is 5.82 Å². The minimum absolute atomic E-state index is 0.234. The van der Waals surface area contributed by atoms with E-state index in [1.165, 1.54) is 6.20 Å². The highest BCUT2D eigenvalue weighted by Crippen LogP contribution is 2.13. The van der Waals surface area contributed by atoms with Crippen LogP contribution < -0.4 is 16.0 Å². The van der Waals surface area contributed by atoms with E-state index in [2.05, 4.69) is 25.9 Å². The molecule has 0 unspecified atom stereocenters. The zero-order chi connectivity index (χ0) is 18.2. The molecule has 0 aliphatic carbocycles. The number of nitrogens with zero attached hydrogens (tertiary/aromatic N) is 2. The topological polar surface area (TPSA) is 96.0 Å². The predicted octanol–water partition coefficient (Wildman–Crippen LogP) is 3.05. The van der Waals surface area contributed by atoms with Crippen LogP contribution in [0, 0.1) is 0 Å². The van der Waals surface area contributed by atoms with E-state index < -0.39 is 6.03 Å². The molecule has 0 aliphatic heterocycles. The van der Waals surface area contributed by atoms with Gasteiger partial charge in [-0.05, 0) is 30.3 Å². The number of amides is 3. The molecule has 0 saturated heterocycles. The van der Waals surface area contributed by atoms with Gasteiger partial charge in [0.25, 0.3) is 5.91 Å². The normalized spacial score (nSPS) is 10.0. The van der Waals surface area contributed by atoms with Crippen molar-refractivity contribution in [2.45, 2.75) is 6.54 Å². The van der Waals surface area contributed by atoms with Crippen molar-refractivity contribution in [3.8, 4) is 0 Å². The molecule has 130 valence electrons. The lowest BCUT2D eigenvalue weighted by molar-refractivity contribution is 0.102. The zero-order valence-electron chi connectivity index (χ0n) is 13.8. The fourth-order valence-corrected chi connectivity index (χ4v) is 2.20. The van der Waals surface area contributed by atoms with Gasteiger partial charge in [0.2, 0.25) is 0 Å². The molecular weight excluding hydrogens is 330 g/mol. The van der Waals surface area contributed by atoms with Crippen LogP contribution in [0.15, 0.2) is 73.1 Å². The average molecular weight is 347 g/mol. The van der Waals surface area contributed by atoms with Gasteiger partial charge in [-0.2, -0.15) is 0 Å². The van der Waals surface area contributed by atoms with Crippen LogP contribution >= 0.6 is 0 Å². The van der Waals surface area contributed by atoms with E-state index in [0.717, 1.165) is 5.69 Å². The van der Waals surface area contributed by atoms with E-state index in [4.69, 9.17) is 0 Å². The first-order valence-electron chi connectivity index (χ1n) is 7.98. The van der Waals surface area contributed by atoms with Crippen LogP contribution in [0.1, 0.15) is 16.1 Å². The monoisotopic (exact) mass is 347 g/mol. The molecule has 0 atom stereocenters. The van der Waals surface area contributed by atoms with Gasteiger partial charge in [0.15, 0.2) is 0 Å². The van der Waals surface area contributed by atoms with Gasteiger partial charge in [-0.25, -0.2) is 9.78 Å². The van der Waals surface area contributed by atoms with Crippen LogP contribution in [-0.4, -0.2) is 21.9 Å². The first kappa shape index (κ1) is 17.1. The van der Waals surface area contributed by atoms with E-state index in [1.54, 1.807) is 42.6 Å². The maximum Gasteiger partial charge on any atom is 0.320 e. The number of benzene rings is 1. The molecule has 3 N–H and O–H groups in total. The third-order valence-electron chi connectivity index (χ3n) is 3.45. The number of hydrogen-bond donors (Lipinski definition) is 3. The molecule has 0 spiro atoms. The summed E-state index contributed by atoms with van der Waals surface area (Å²) in [7, 11) is 0. The van der Waals surface area contributed by atoms with Crippen molar-refractivity contribution in [1.29, 1.82) is 0 Å². The molecular formula is C19H17N5O2. The molecule has 7 nitrogen and oxygen atoms in total. The second-order valence-corrected chi connectivity index (χ2v) is 5.38. The lowest BCUT2D eigenvalue weighted by Crippen LogP contribution is -2.28. The summed E-state index contributed by atoms with van der Waals surface area (Å²) in [6.07, 6.45) is 3.17. The van der Waals surface area contributed by atoms with Gasteiger partial charge in [0.05, 0.1) is 12.2 Å². The van der Waals surface area contributed by atoms with Crippen molar-refractivity contribution in [1.82, 2.24) is 15.3 Å². The van der Waals surface area contributed by atoms with Crippen molar-refractivity contribution in [2.24, 2.45) is 0 Å². The molecule has 0 bridgehead atoms. The quantitative estimate of drug-likeness (QED) is 0.661. The highest BCUT2D eigenvalue weighted by molar-refractivity contribution is 6.04. The maximum absolute atomic E-state index is 12.2. The van der Waals surface area contributed by atoms with Crippen molar-refractivity contribution in [2.75, 3.05) is 10.6 Å². The van der Waals surface area contributed by atoms with E-state index in [-0.39, 0.29) is 5.91 Å². The molecule has 2 heterocycles. The molecule has 3 rings (SSSR count). The molecule has 1 aromatic carbocycles. The van der Waals surface area contributed by atoms with Gasteiger partial charge in [-0.3, -0.25) is 15.1 Å². The second kappa shape index (κ2) is 8.39. The van der Waals surface area contributed by atoms with Crippen molar-refractivity contribution in [3.63, 3.8) is 0 Å². The smallest absolute Gasteiger partial charge is 0.320 e. The predicted molar refractivity (Wildman–Crippen MR) is 98.7 cm³/mol. The Balaban J connectivity index is 1.57. The summed E-state index contributed by atoms with van der Waals surface area (Å²) in [5.41, 5.74) is 1.83. The molecule has 7 heteroatoms. The van der Waals surface area contributed by atoms with Gasteiger partial charge in [0, 0.05) is 29.7 Å². The van der Waals surface area contributed by atoms with Crippen molar-refractivity contribution < 1.29 is 9.59 Å². The molecule has 2 aromatic heterocycles. The largest absolute Gasteiger partial charge is 0.332 e. The molecule has 3 amide bonds. The Morgan fingerprint density at radius 3 is 2.42 bits per heavy atom. The van der Waals surface area contributed by atoms with E-state index in [0.29, 0.717) is 23.6 Å². The van der Waals surface area contributed by atoms with Crippen LogP contribution in [0.5, 0.6) is 0 Å². The van der Waals surface area contributed by atoms with E-state index >= 15 is 0 Å². The average Bonchev–Trinajstić information content (AvgIpc) is 2.68. The summed E-state index contributed by atoms with van der Waals surface area (Å²) in [6, 6.07) is 17.2. The summed E-state index contributed by atoms with van der Waals surface area (Å²) in [6.45, 7) is 0.303. The number of pyridine rings is 2. The first-order chi connectivity index (χ1) is 12.7. The fourth-order valence-electron chi connectivity index (χ4n) is 2.20. The van der Waals surface area contributed by atoms with Gasteiger partial charge >= 0.3 is 6.03 Å². The van der Waals surface area contributed by atoms with E-state index in [9.17, 15) is 9.59 Å². The molecule has 0 radical (unpaired) electrons. The SMILES string of the molecule is O=C(NCc1ccccn1)Nc1cc(NC(=O)c2ccccc2)ccn1. The lowest BCUT2D eigenvalue weighted by atomic mass is 10.2. The molecule has 3 aromatic rings. The fraction of sp³-hybridized carbons (Fsp3) is 0.0526. The third-order valence-corrected chi connectivity index (χ3v) is 3.45. The summed E-state index contributed by atoms with van der Waals surface area (Å²) in [4.78, 5) is 32.3. The number of hydrogen-bond acceptors (Lipinski definition) is 4. The Hall–Kier alpha value is -3.74. The number of nitrogens with one attached hydrogen (secondary N) is 3. The van der Waals surface area contributed by atoms with Crippen molar-refractivity contribution >= 4 is 23.4 Å².